The predicted molar refractivity (Wildman–Crippen MR) is 128 cm³/mol. The van der Waals surface area contributed by atoms with Crippen LogP contribution in [-0.4, -0.2) is 73.5 Å². The van der Waals surface area contributed by atoms with E-state index in [-0.39, 0.29) is 30.0 Å². The number of carbonyl (C=O) groups excluding carboxylic acids is 4. The van der Waals surface area contributed by atoms with Gasteiger partial charge in [0.2, 0.25) is 11.8 Å². The maximum absolute atomic E-state index is 13.5. The van der Waals surface area contributed by atoms with Crippen LogP contribution >= 0.6 is 0 Å². The predicted octanol–water partition coefficient (Wildman–Crippen LogP) is 2.72. The molecule has 0 aromatic heterocycles. The third kappa shape index (κ3) is 6.92. The standard InChI is InChI=1S/C25H34F3N3O6/c1-13(2)19(21(32)25(26,27)28)29-22(33)15-9-8-12-31(15)24(35)20(14(3)4)30-23(34)18-16(36-5)10-7-11-17(18)37-6/h7,10-11,13-15,19-20H,8-9,12H2,1-6H3,(H,29,33)(H,30,34)/t15?,19?,20-/m0/s1. The lowest BCUT2D eigenvalue weighted by Gasteiger charge is -2.32. The molecule has 0 radical (unpaired) electrons. The van der Waals surface area contributed by atoms with Crippen molar-refractivity contribution in [3.8, 4) is 11.5 Å². The van der Waals surface area contributed by atoms with Gasteiger partial charge in [-0.3, -0.25) is 19.2 Å². The molecule has 0 spiro atoms. The summed E-state index contributed by atoms with van der Waals surface area (Å²) in [4.78, 5) is 52.7. The Morgan fingerprint density at radius 2 is 1.49 bits per heavy atom. The number of hydrogen-bond acceptors (Lipinski definition) is 6. The molecule has 2 rings (SSSR count). The van der Waals surface area contributed by atoms with Crippen LogP contribution in [0.2, 0.25) is 0 Å². The number of Topliss-reactive ketones (excluding diaryl/α,β-unsaturated/α-hetero) is 1. The van der Waals surface area contributed by atoms with Crippen molar-refractivity contribution < 1.29 is 41.8 Å². The molecule has 2 N–H and O–H groups in total. The van der Waals surface area contributed by atoms with Crippen molar-refractivity contribution in [1.82, 2.24) is 15.5 Å². The molecule has 3 amide bonds. The summed E-state index contributed by atoms with van der Waals surface area (Å²) in [6, 6.07) is 0.877. The summed E-state index contributed by atoms with van der Waals surface area (Å²) in [5, 5.41) is 4.88. The van der Waals surface area contributed by atoms with Crippen LogP contribution in [0.15, 0.2) is 18.2 Å². The number of ketones is 1. The third-order valence-corrected chi connectivity index (χ3v) is 6.24. The highest BCUT2D eigenvalue weighted by molar-refractivity contribution is 6.02. The van der Waals surface area contributed by atoms with Crippen LogP contribution in [0.5, 0.6) is 11.5 Å². The van der Waals surface area contributed by atoms with E-state index in [9.17, 15) is 32.3 Å². The van der Waals surface area contributed by atoms with Crippen molar-refractivity contribution in [2.75, 3.05) is 20.8 Å². The van der Waals surface area contributed by atoms with E-state index >= 15 is 0 Å². The topological polar surface area (TPSA) is 114 Å². The van der Waals surface area contributed by atoms with Gasteiger partial charge in [-0.05, 0) is 36.8 Å². The highest BCUT2D eigenvalue weighted by Crippen LogP contribution is 2.29. The molecule has 3 atom stereocenters. The number of ether oxygens (including phenoxy) is 2. The maximum atomic E-state index is 13.5. The molecule has 1 aromatic carbocycles. The van der Waals surface area contributed by atoms with Crippen LogP contribution in [0.3, 0.4) is 0 Å². The fraction of sp³-hybridized carbons (Fsp3) is 0.600. The van der Waals surface area contributed by atoms with Gasteiger partial charge in [0.25, 0.3) is 11.7 Å². The number of hydrogen-bond donors (Lipinski definition) is 2. The van der Waals surface area contributed by atoms with E-state index in [1.807, 2.05) is 0 Å². The molecule has 9 nitrogen and oxygen atoms in total. The lowest BCUT2D eigenvalue weighted by atomic mass is 9.98. The van der Waals surface area contributed by atoms with Gasteiger partial charge >= 0.3 is 6.18 Å². The molecule has 1 aliphatic rings. The van der Waals surface area contributed by atoms with Gasteiger partial charge in [0.15, 0.2) is 0 Å². The van der Waals surface area contributed by atoms with E-state index in [2.05, 4.69) is 10.6 Å². The number of nitrogens with one attached hydrogen (secondary N) is 2. The van der Waals surface area contributed by atoms with Crippen molar-refractivity contribution in [3.05, 3.63) is 23.8 Å². The van der Waals surface area contributed by atoms with Crippen LogP contribution in [0.25, 0.3) is 0 Å². The normalized spacial score (nSPS) is 17.4. The van der Waals surface area contributed by atoms with E-state index in [0.717, 1.165) is 0 Å². The quantitative estimate of drug-likeness (QED) is 0.482. The first-order valence-electron chi connectivity index (χ1n) is 12.0. The van der Waals surface area contributed by atoms with Gasteiger partial charge in [0.05, 0.1) is 20.3 Å². The summed E-state index contributed by atoms with van der Waals surface area (Å²) >= 11 is 0. The van der Waals surface area contributed by atoms with E-state index in [0.29, 0.717) is 6.42 Å². The fourth-order valence-electron chi connectivity index (χ4n) is 4.24. The van der Waals surface area contributed by atoms with Gasteiger partial charge in [-0.1, -0.05) is 33.8 Å². The largest absolute Gasteiger partial charge is 0.496 e. The van der Waals surface area contributed by atoms with Gasteiger partial charge in [0.1, 0.15) is 29.1 Å². The zero-order chi connectivity index (χ0) is 28.1. The minimum Gasteiger partial charge on any atom is -0.496 e. The van der Waals surface area contributed by atoms with Gasteiger partial charge < -0.3 is 25.0 Å². The fourth-order valence-corrected chi connectivity index (χ4v) is 4.24. The molecular weight excluding hydrogens is 495 g/mol. The summed E-state index contributed by atoms with van der Waals surface area (Å²) in [5.74, 6) is -4.82. The summed E-state index contributed by atoms with van der Waals surface area (Å²) in [7, 11) is 2.77. The first-order chi connectivity index (χ1) is 17.2. The van der Waals surface area contributed by atoms with E-state index in [1.165, 1.54) is 33.0 Å². The summed E-state index contributed by atoms with van der Waals surface area (Å²) in [6.45, 7) is 6.38. The molecule has 1 fully saturated rings. The van der Waals surface area contributed by atoms with E-state index in [4.69, 9.17) is 9.47 Å². The van der Waals surface area contributed by atoms with E-state index < -0.39 is 59.6 Å². The second kappa shape index (κ2) is 12.3. The van der Waals surface area contributed by atoms with Crippen molar-refractivity contribution in [3.63, 3.8) is 0 Å². The van der Waals surface area contributed by atoms with Crippen LogP contribution in [0, 0.1) is 11.8 Å². The molecule has 0 bridgehead atoms. The smallest absolute Gasteiger partial charge is 0.452 e. The zero-order valence-corrected chi connectivity index (χ0v) is 21.8. The lowest BCUT2D eigenvalue weighted by molar-refractivity contribution is -0.175. The number of methoxy groups -OCH3 is 2. The molecule has 1 aliphatic heterocycles. The second-order valence-electron chi connectivity index (χ2n) is 9.51. The number of carbonyl (C=O) groups is 4. The average Bonchev–Trinajstić information content (AvgIpc) is 3.33. The number of benzene rings is 1. The Hall–Kier alpha value is -3.31. The number of nitrogens with zero attached hydrogens (tertiary/aromatic N) is 1. The van der Waals surface area contributed by atoms with Crippen LogP contribution in [-0.2, 0) is 14.4 Å². The second-order valence-corrected chi connectivity index (χ2v) is 9.51. The minimum atomic E-state index is -5.11. The first-order valence-corrected chi connectivity index (χ1v) is 12.0. The van der Waals surface area contributed by atoms with Crippen LogP contribution in [0.1, 0.15) is 50.9 Å². The summed E-state index contributed by atoms with van der Waals surface area (Å²) in [6.07, 6.45) is -4.47. The Morgan fingerprint density at radius 3 is 1.95 bits per heavy atom. The first kappa shape index (κ1) is 29.9. The van der Waals surface area contributed by atoms with Crippen molar-refractivity contribution in [2.24, 2.45) is 11.8 Å². The molecule has 0 aliphatic carbocycles. The molecule has 0 saturated carbocycles. The molecule has 12 heteroatoms. The average molecular weight is 530 g/mol. The number of amides is 3. The molecule has 1 aromatic rings. The Labute approximate surface area is 214 Å². The Morgan fingerprint density at radius 1 is 0.946 bits per heavy atom. The number of alkyl halides is 3. The van der Waals surface area contributed by atoms with E-state index in [1.54, 1.807) is 32.0 Å². The number of halogens is 3. The molecular formula is C25H34F3N3O6. The third-order valence-electron chi connectivity index (χ3n) is 6.24. The Balaban J connectivity index is 2.26. The molecule has 2 unspecified atom stereocenters. The van der Waals surface area contributed by atoms with Gasteiger partial charge in [0, 0.05) is 6.54 Å². The van der Waals surface area contributed by atoms with Gasteiger partial charge in [-0.2, -0.15) is 13.2 Å². The van der Waals surface area contributed by atoms with Crippen LogP contribution < -0.4 is 20.1 Å². The molecule has 206 valence electrons. The van der Waals surface area contributed by atoms with Gasteiger partial charge in [-0.25, -0.2) is 0 Å². The number of rotatable bonds is 10. The molecule has 37 heavy (non-hydrogen) atoms. The monoisotopic (exact) mass is 529 g/mol. The zero-order valence-electron chi connectivity index (χ0n) is 21.8. The Kier molecular flexibility index (Phi) is 9.93. The highest BCUT2D eigenvalue weighted by Gasteiger charge is 2.46. The van der Waals surface area contributed by atoms with Crippen molar-refractivity contribution in [1.29, 1.82) is 0 Å². The lowest BCUT2D eigenvalue weighted by Crippen LogP contribution is -2.58. The SMILES string of the molecule is COc1cccc(OC)c1C(=O)N[C@H](C(=O)N1CCCC1C(=O)NC(C(=O)C(F)(F)F)C(C)C)C(C)C. The highest BCUT2D eigenvalue weighted by atomic mass is 19.4. The summed E-state index contributed by atoms with van der Waals surface area (Å²) in [5.41, 5.74) is 0.0899. The summed E-state index contributed by atoms with van der Waals surface area (Å²) < 4.78 is 49.6. The minimum absolute atomic E-state index is 0.0899. The van der Waals surface area contributed by atoms with Crippen LogP contribution in [0.4, 0.5) is 13.2 Å². The maximum Gasteiger partial charge on any atom is 0.452 e. The van der Waals surface area contributed by atoms with Crippen molar-refractivity contribution in [2.45, 2.75) is 64.8 Å². The van der Waals surface area contributed by atoms with Gasteiger partial charge in [-0.15, -0.1) is 0 Å². The Bertz CT molecular complexity index is 990. The number of likely N-dealkylation sites (tertiary alicyclic amines) is 1. The molecule has 1 heterocycles. The molecule has 1 saturated heterocycles. The van der Waals surface area contributed by atoms with Crippen molar-refractivity contribution >= 4 is 23.5 Å².